The van der Waals surface area contributed by atoms with Crippen molar-refractivity contribution in [2.45, 2.75) is 57.0 Å². The lowest BCUT2D eigenvalue weighted by molar-refractivity contribution is -0.115. The molecular formula is C30H33N3O3S2. The number of amides is 2. The molecule has 0 radical (unpaired) electrons. The molecule has 2 amide bonds. The van der Waals surface area contributed by atoms with E-state index in [1.54, 1.807) is 12.1 Å². The third-order valence-electron chi connectivity index (χ3n) is 6.08. The zero-order chi connectivity index (χ0) is 27.2. The van der Waals surface area contributed by atoms with Gasteiger partial charge in [-0.2, -0.15) is 0 Å². The van der Waals surface area contributed by atoms with Gasteiger partial charge in [0.1, 0.15) is 5.75 Å². The number of thioether (sulfide) groups is 1. The monoisotopic (exact) mass is 547 g/mol. The normalized spacial score (nSPS) is 11.8. The first-order valence-electron chi connectivity index (χ1n) is 12.7. The van der Waals surface area contributed by atoms with Crippen molar-refractivity contribution < 1.29 is 14.3 Å². The van der Waals surface area contributed by atoms with E-state index in [0.29, 0.717) is 17.9 Å². The number of benzene rings is 3. The van der Waals surface area contributed by atoms with Crippen LogP contribution in [0.15, 0.2) is 58.9 Å². The molecule has 1 aromatic heterocycles. The lowest BCUT2D eigenvalue weighted by Crippen LogP contribution is -2.23. The molecule has 38 heavy (non-hydrogen) atoms. The highest BCUT2D eigenvalue weighted by atomic mass is 32.2. The van der Waals surface area contributed by atoms with Crippen molar-refractivity contribution in [3.05, 3.63) is 76.9 Å². The Morgan fingerprint density at radius 2 is 1.71 bits per heavy atom. The highest BCUT2D eigenvalue weighted by Crippen LogP contribution is 2.34. The standard InChI is InChI=1S/C30H33N3O3S2/c1-6-7-14-36-24-11-8-22(9-12-24)29(35)31-23-10-13-25-26(17-23)38-30(32-25)37-21(5)28(34)33-27-19(3)15-18(2)16-20(27)4/h8-13,15-17,21H,6-7,14H2,1-5H3,(H,31,35)(H,33,34)/t21-/m1/s1. The van der Waals surface area contributed by atoms with E-state index in [-0.39, 0.29) is 17.1 Å². The lowest BCUT2D eigenvalue weighted by Gasteiger charge is -2.15. The van der Waals surface area contributed by atoms with Crippen molar-refractivity contribution in [1.82, 2.24) is 4.98 Å². The van der Waals surface area contributed by atoms with Gasteiger partial charge in [0, 0.05) is 16.9 Å². The van der Waals surface area contributed by atoms with Crippen LogP contribution in [0.4, 0.5) is 11.4 Å². The molecule has 4 rings (SSSR count). The molecule has 1 heterocycles. The van der Waals surface area contributed by atoms with Gasteiger partial charge >= 0.3 is 0 Å². The third-order valence-corrected chi connectivity index (χ3v) is 8.29. The van der Waals surface area contributed by atoms with Gasteiger partial charge < -0.3 is 15.4 Å². The highest BCUT2D eigenvalue weighted by Gasteiger charge is 2.19. The molecular weight excluding hydrogens is 514 g/mol. The van der Waals surface area contributed by atoms with Gasteiger partial charge in [0.2, 0.25) is 5.91 Å². The summed E-state index contributed by atoms with van der Waals surface area (Å²) >= 11 is 2.94. The van der Waals surface area contributed by atoms with Gasteiger partial charge in [-0.25, -0.2) is 4.98 Å². The number of fused-ring (bicyclic) bond motifs is 1. The maximum atomic E-state index is 12.9. The SMILES string of the molecule is CCCCOc1ccc(C(=O)Nc2ccc3nc(S[C@H](C)C(=O)Nc4c(C)cc(C)cc4C)sc3c2)cc1. The minimum Gasteiger partial charge on any atom is -0.494 e. The van der Waals surface area contributed by atoms with Crippen molar-refractivity contribution in [2.75, 3.05) is 17.2 Å². The van der Waals surface area contributed by atoms with Crippen LogP contribution in [0.1, 0.15) is 53.7 Å². The minimum absolute atomic E-state index is 0.0564. The number of rotatable bonds is 10. The van der Waals surface area contributed by atoms with Crippen molar-refractivity contribution in [3.8, 4) is 5.75 Å². The van der Waals surface area contributed by atoms with Crippen LogP contribution in [0.2, 0.25) is 0 Å². The number of anilines is 2. The van der Waals surface area contributed by atoms with Crippen LogP contribution < -0.4 is 15.4 Å². The number of nitrogens with zero attached hydrogens (tertiary/aromatic N) is 1. The van der Waals surface area contributed by atoms with Crippen molar-refractivity contribution in [2.24, 2.45) is 0 Å². The molecule has 0 saturated heterocycles. The molecule has 0 aliphatic rings. The third kappa shape index (κ3) is 6.94. The molecule has 0 saturated carbocycles. The summed E-state index contributed by atoms with van der Waals surface area (Å²) in [7, 11) is 0. The van der Waals surface area contributed by atoms with Gasteiger partial charge in [-0.05, 0) is 87.7 Å². The molecule has 2 N–H and O–H groups in total. The summed E-state index contributed by atoms with van der Waals surface area (Å²) in [5.74, 6) is 0.521. The average molecular weight is 548 g/mol. The molecule has 4 aromatic rings. The molecule has 0 aliphatic heterocycles. The fourth-order valence-electron chi connectivity index (χ4n) is 4.08. The Balaban J connectivity index is 1.38. The number of nitrogens with one attached hydrogen (secondary N) is 2. The highest BCUT2D eigenvalue weighted by molar-refractivity contribution is 8.02. The van der Waals surface area contributed by atoms with Crippen LogP contribution in [-0.4, -0.2) is 28.7 Å². The van der Waals surface area contributed by atoms with E-state index in [4.69, 9.17) is 4.74 Å². The first-order chi connectivity index (χ1) is 18.2. The summed E-state index contributed by atoms with van der Waals surface area (Å²) in [6.45, 7) is 10.7. The Bertz CT molecular complexity index is 1420. The van der Waals surface area contributed by atoms with Gasteiger partial charge in [-0.15, -0.1) is 11.3 Å². The maximum absolute atomic E-state index is 12.9. The number of unbranched alkanes of at least 4 members (excludes halogenated alkanes) is 1. The average Bonchev–Trinajstić information content (AvgIpc) is 3.28. The van der Waals surface area contributed by atoms with E-state index in [2.05, 4.69) is 41.6 Å². The van der Waals surface area contributed by atoms with E-state index in [1.807, 2.05) is 51.1 Å². The number of carbonyl (C=O) groups excluding carboxylic acids is 2. The van der Waals surface area contributed by atoms with Gasteiger partial charge in [0.05, 0.1) is 22.1 Å². The second-order valence-electron chi connectivity index (χ2n) is 9.37. The molecule has 0 fully saturated rings. The molecule has 198 valence electrons. The van der Waals surface area contributed by atoms with Gasteiger partial charge in [-0.1, -0.05) is 42.8 Å². The molecule has 0 spiro atoms. The Labute approximate surface area is 232 Å². The van der Waals surface area contributed by atoms with E-state index in [9.17, 15) is 9.59 Å². The summed E-state index contributed by atoms with van der Waals surface area (Å²) in [6, 6.07) is 17.0. The van der Waals surface area contributed by atoms with Crippen LogP contribution in [0.3, 0.4) is 0 Å². The number of carbonyl (C=O) groups is 2. The second-order valence-corrected chi connectivity index (χ2v) is 12.0. The maximum Gasteiger partial charge on any atom is 0.255 e. The quantitative estimate of drug-likeness (QED) is 0.157. The molecule has 0 bridgehead atoms. The number of aromatic nitrogens is 1. The Morgan fingerprint density at radius 3 is 2.39 bits per heavy atom. The first kappa shape index (κ1) is 27.7. The molecule has 0 aliphatic carbocycles. The Morgan fingerprint density at radius 1 is 1.00 bits per heavy atom. The van der Waals surface area contributed by atoms with Gasteiger partial charge in [0.15, 0.2) is 4.34 Å². The minimum atomic E-state index is -0.316. The Kier molecular flexibility index (Phi) is 9.07. The molecule has 8 heteroatoms. The van der Waals surface area contributed by atoms with E-state index in [1.165, 1.54) is 28.7 Å². The van der Waals surface area contributed by atoms with Crippen LogP contribution in [0.5, 0.6) is 5.75 Å². The van der Waals surface area contributed by atoms with E-state index >= 15 is 0 Å². The number of thiazole rings is 1. The first-order valence-corrected chi connectivity index (χ1v) is 14.4. The predicted molar refractivity (Wildman–Crippen MR) is 159 cm³/mol. The largest absolute Gasteiger partial charge is 0.494 e. The van der Waals surface area contributed by atoms with Crippen LogP contribution in [-0.2, 0) is 4.79 Å². The number of hydrogen-bond donors (Lipinski definition) is 2. The van der Waals surface area contributed by atoms with Crippen LogP contribution in [0.25, 0.3) is 10.2 Å². The zero-order valence-electron chi connectivity index (χ0n) is 22.4. The zero-order valence-corrected chi connectivity index (χ0v) is 24.0. The van der Waals surface area contributed by atoms with Crippen molar-refractivity contribution >= 4 is 56.5 Å². The van der Waals surface area contributed by atoms with E-state index in [0.717, 1.165) is 50.0 Å². The summed E-state index contributed by atoms with van der Waals surface area (Å²) in [6.07, 6.45) is 2.08. The van der Waals surface area contributed by atoms with Crippen molar-refractivity contribution in [3.63, 3.8) is 0 Å². The van der Waals surface area contributed by atoms with E-state index < -0.39 is 0 Å². The fraction of sp³-hybridized carbons (Fsp3) is 0.300. The summed E-state index contributed by atoms with van der Waals surface area (Å²) in [5, 5.41) is 5.73. The topological polar surface area (TPSA) is 80.3 Å². The van der Waals surface area contributed by atoms with Crippen molar-refractivity contribution in [1.29, 1.82) is 0 Å². The number of ether oxygens (including phenoxy) is 1. The predicted octanol–water partition coefficient (Wildman–Crippen LogP) is 7.77. The Hall–Kier alpha value is -3.36. The smallest absolute Gasteiger partial charge is 0.255 e. The number of hydrogen-bond acceptors (Lipinski definition) is 6. The van der Waals surface area contributed by atoms with Gasteiger partial charge in [-0.3, -0.25) is 9.59 Å². The summed E-state index contributed by atoms with van der Waals surface area (Å²) < 4.78 is 7.43. The van der Waals surface area contributed by atoms with Gasteiger partial charge in [0.25, 0.3) is 5.91 Å². The lowest BCUT2D eigenvalue weighted by atomic mass is 10.1. The summed E-state index contributed by atoms with van der Waals surface area (Å²) in [4.78, 5) is 30.3. The van der Waals surface area contributed by atoms with Crippen LogP contribution >= 0.6 is 23.1 Å². The summed E-state index contributed by atoms with van der Waals surface area (Å²) in [5.41, 5.74) is 6.25. The molecule has 3 aromatic carbocycles. The molecule has 6 nitrogen and oxygen atoms in total. The fourth-order valence-corrected chi connectivity index (χ4v) is 6.33. The van der Waals surface area contributed by atoms with Crippen LogP contribution in [0, 0.1) is 20.8 Å². The molecule has 0 unspecified atom stereocenters. The molecule has 1 atom stereocenters. The number of aryl methyl sites for hydroxylation is 3. The second kappa shape index (κ2) is 12.5.